The molecule has 146 valence electrons. The molecule has 0 fully saturated rings. The van der Waals surface area contributed by atoms with Crippen LogP contribution < -0.4 is 0 Å². The first kappa shape index (κ1) is 20.7. The Bertz CT molecular complexity index is 819. The van der Waals surface area contributed by atoms with Gasteiger partial charge in [0.25, 0.3) is 0 Å². The van der Waals surface area contributed by atoms with Gasteiger partial charge in [-0.2, -0.15) is 0 Å². The van der Waals surface area contributed by atoms with Crippen molar-refractivity contribution in [2.24, 2.45) is 5.92 Å². The molecule has 0 saturated carbocycles. The van der Waals surface area contributed by atoms with Gasteiger partial charge in [0, 0.05) is 5.56 Å². The average Bonchev–Trinajstić information content (AvgIpc) is 3.01. The van der Waals surface area contributed by atoms with Crippen LogP contribution in [0.3, 0.4) is 0 Å². The highest BCUT2D eigenvalue weighted by Crippen LogP contribution is 2.34. The van der Waals surface area contributed by atoms with Crippen LogP contribution in [0.4, 0.5) is 0 Å². The molecule has 0 aliphatic carbocycles. The van der Waals surface area contributed by atoms with Crippen molar-refractivity contribution < 1.29 is 29.0 Å². The fourth-order valence-electron chi connectivity index (χ4n) is 3.56. The maximum atomic E-state index is 12.1. The minimum absolute atomic E-state index is 0.0173. The highest BCUT2D eigenvalue weighted by atomic mass is 16.5. The summed E-state index contributed by atoms with van der Waals surface area (Å²) in [5.41, 5.74) is 4.38. The first-order valence-electron chi connectivity index (χ1n) is 9.03. The average molecular weight is 374 g/mol. The number of benzene rings is 1. The molecule has 0 radical (unpaired) electrons. The summed E-state index contributed by atoms with van der Waals surface area (Å²) < 4.78 is 9.80. The predicted octanol–water partition coefficient (Wildman–Crippen LogP) is 3.61. The fraction of sp³-hybridized carbons (Fsp3) is 0.476. The molecule has 1 unspecified atom stereocenters. The van der Waals surface area contributed by atoms with Gasteiger partial charge in [-0.3, -0.25) is 4.79 Å². The molecule has 1 aliphatic heterocycles. The molecule has 1 heterocycles. The zero-order chi connectivity index (χ0) is 20.3. The van der Waals surface area contributed by atoms with Crippen LogP contribution >= 0.6 is 0 Å². The Morgan fingerprint density at radius 1 is 1.33 bits per heavy atom. The lowest BCUT2D eigenvalue weighted by Crippen LogP contribution is -2.15. The molecule has 6 heteroatoms. The lowest BCUT2D eigenvalue weighted by atomic mass is 9.85. The number of hydrogen-bond donors (Lipinski definition) is 1. The summed E-state index contributed by atoms with van der Waals surface area (Å²) in [6, 6.07) is 0. The lowest BCUT2D eigenvalue weighted by molar-refractivity contribution is -0.141. The van der Waals surface area contributed by atoms with Gasteiger partial charge >= 0.3 is 17.9 Å². The molecular weight excluding hydrogens is 348 g/mol. The van der Waals surface area contributed by atoms with E-state index in [0.29, 0.717) is 24.0 Å². The molecule has 6 nitrogen and oxygen atoms in total. The highest BCUT2D eigenvalue weighted by Gasteiger charge is 2.33. The number of aromatic carboxylic acids is 1. The van der Waals surface area contributed by atoms with Gasteiger partial charge in [0.05, 0.1) is 24.7 Å². The number of methoxy groups -OCH3 is 1. The van der Waals surface area contributed by atoms with Crippen molar-refractivity contribution in [3.63, 3.8) is 0 Å². The van der Waals surface area contributed by atoms with Gasteiger partial charge in [-0.05, 0) is 49.3 Å². The Labute approximate surface area is 159 Å². The number of carbonyl (C=O) groups is 3. The van der Waals surface area contributed by atoms with Crippen LogP contribution in [0.5, 0.6) is 0 Å². The third-order valence-electron chi connectivity index (χ3n) is 5.35. The van der Waals surface area contributed by atoms with Crippen molar-refractivity contribution in [2.45, 2.75) is 53.6 Å². The molecular formula is C21H26O6. The molecule has 2 rings (SSSR count). The zero-order valence-electron chi connectivity index (χ0n) is 16.5. The number of carboxylic acid groups (broad SMARTS) is 1. The van der Waals surface area contributed by atoms with Gasteiger partial charge in [0.2, 0.25) is 0 Å². The van der Waals surface area contributed by atoms with E-state index in [2.05, 4.69) is 0 Å². The van der Waals surface area contributed by atoms with E-state index in [1.807, 2.05) is 33.8 Å². The minimum Gasteiger partial charge on any atom is -0.478 e. The summed E-state index contributed by atoms with van der Waals surface area (Å²) in [5, 5.41) is 9.79. The molecule has 0 bridgehead atoms. The number of hydrogen-bond acceptors (Lipinski definition) is 5. The normalized spacial score (nSPS) is 14.6. The number of esters is 2. The van der Waals surface area contributed by atoms with Crippen molar-refractivity contribution in [1.29, 1.82) is 0 Å². The predicted molar refractivity (Wildman–Crippen MR) is 99.9 cm³/mol. The standard InChI is InChI=1S/C21H26O6/c1-6-14-13(4)16-10-27-21(25)19(16)18(20(23)24)15(14)8-7-11(2)12(3)9-17(22)26-5/h7,12H,6,8-10H2,1-5H3,(H,23,24). The summed E-state index contributed by atoms with van der Waals surface area (Å²) in [7, 11) is 1.35. The third-order valence-corrected chi connectivity index (χ3v) is 5.35. The first-order chi connectivity index (χ1) is 12.7. The van der Waals surface area contributed by atoms with Crippen molar-refractivity contribution in [3.8, 4) is 0 Å². The number of ether oxygens (including phenoxy) is 2. The van der Waals surface area contributed by atoms with Crippen molar-refractivity contribution in [1.82, 2.24) is 0 Å². The van der Waals surface area contributed by atoms with E-state index >= 15 is 0 Å². The molecule has 1 N–H and O–H groups in total. The smallest absolute Gasteiger partial charge is 0.339 e. The second-order valence-corrected chi connectivity index (χ2v) is 6.88. The summed E-state index contributed by atoms with van der Waals surface area (Å²) >= 11 is 0. The number of fused-ring (bicyclic) bond motifs is 1. The van der Waals surface area contributed by atoms with E-state index < -0.39 is 11.9 Å². The summed E-state index contributed by atoms with van der Waals surface area (Å²) in [4.78, 5) is 35.6. The van der Waals surface area contributed by atoms with E-state index in [1.165, 1.54) is 7.11 Å². The van der Waals surface area contributed by atoms with Crippen LogP contribution in [0, 0.1) is 12.8 Å². The third kappa shape index (κ3) is 4.04. The van der Waals surface area contributed by atoms with Gasteiger partial charge in [-0.25, -0.2) is 9.59 Å². The van der Waals surface area contributed by atoms with Crippen LogP contribution in [-0.4, -0.2) is 30.1 Å². The molecule has 1 aromatic rings. The van der Waals surface area contributed by atoms with Gasteiger partial charge in [-0.1, -0.05) is 25.5 Å². The van der Waals surface area contributed by atoms with E-state index in [1.54, 1.807) is 0 Å². The van der Waals surface area contributed by atoms with Gasteiger partial charge in [0.1, 0.15) is 6.61 Å². The van der Waals surface area contributed by atoms with E-state index in [9.17, 15) is 19.5 Å². The maximum Gasteiger partial charge on any atom is 0.339 e. The lowest BCUT2D eigenvalue weighted by Gasteiger charge is -2.18. The largest absolute Gasteiger partial charge is 0.478 e. The molecule has 0 amide bonds. The highest BCUT2D eigenvalue weighted by molar-refractivity contribution is 6.06. The van der Waals surface area contributed by atoms with E-state index in [-0.39, 0.29) is 36.0 Å². The van der Waals surface area contributed by atoms with Crippen LogP contribution in [0.1, 0.15) is 70.2 Å². The zero-order valence-corrected chi connectivity index (χ0v) is 16.5. The molecule has 27 heavy (non-hydrogen) atoms. The van der Waals surface area contributed by atoms with Gasteiger partial charge < -0.3 is 14.6 Å². The number of rotatable bonds is 7. The Hall–Kier alpha value is -2.63. The Morgan fingerprint density at radius 3 is 2.56 bits per heavy atom. The minimum atomic E-state index is -1.12. The fourth-order valence-corrected chi connectivity index (χ4v) is 3.56. The van der Waals surface area contributed by atoms with Crippen LogP contribution in [0.25, 0.3) is 0 Å². The summed E-state index contributed by atoms with van der Waals surface area (Å²) in [6.07, 6.45) is 3.23. The van der Waals surface area contributed by atoms with Crippen LogP contribution in [0.15, 0.2) is 11.6 Å². The monoisotopic (exact) mass is 374 g/mol. The Kier molecular flexibility index (Phi) is 6.41. The first-order valence-corrected chi connectivity index (χ1v) is 9.03. The second-order valence-electron chi connectivity index (χ2n) is 6.88. The van der Waals surface area contributed by atoms with Crippen molar-refractivity contribution in [3.05, 3.63) is 45.0 Å². The SMILES string of the molecule is CCc1c(C)c2c(c(C(=O)O)c1CC=C(C)C(C)CC(=O)OC)C(=O)OC2. The Morgan fingerprint density at radius 2 is 2.00 bits per heavy atom. The van der Waals surface area contributed by atoms with Gasteiger partial charge in [-0.15, -0.1) is 0 Å². The summed E-state index contributed by atoms with van der Waals surface area (Å²) in [5.74, 6) is -2.00. The number of cyclic esters (lactones) is 1. The quantitative estimate of drug-likeness (QED) is 0.579. The number of allylic oxidation sites excluding steroid dienone is 2. The van der Waals surface area contributed by atoms with E-state index in [0.717, 1.165) is 16.7 Å². The van der Waals surface area contributed by atoms with Crippen LogP contribution in [-0.2, 0) is 33.7 Å². The molecule has 0 aromatic heterocycles. The molecule has 0 saturated heterocycles. The van der Waals surface area contributed by atoms with Crippen LogP contribution in [0.2, 0.25) is 0 Å². The maximum absolute atomic E-state index is 12.1. The Balaban J connectivity index is 2.50. The topological polar surface area (TPSA) is 89.9 Å². The molecule has 1 atom stereocenters. The molecule has 1 aliphatic rings. The van der Waals surface area contributed by atoms with Gasteiger partial charge in [0.15, 0.2) is 0 Å². The van der Waals surface area contributed by atoms with E-state index in [4.69, 9.17) is 9.47 Å². The number of carbonyl (C=O) groups excluding carboxylic acids is 2. The molecule has 1 aromatic carbocycles. The van der Waals surface area contributed by atoms with Crippen molar-refractivity contribution >= 4 is 17.9 Å². The molecule has 0 spiro atoms. The number of carboxylic acids is 1. The summed E-state index contributed by atoms with van der Waals surface area (Å²) in [6.45, 7) is 7.84. The van der Waals surface area contributed by atoms with Crippen molar-refractivity contribution in [2.75, 3.05) is 7.11 Å². The second kappa shape index (κ2) is 8.37.